The van der Waals surface area contributed by atoms with E-state index in [0.29, 0.717) is 0 Å². The number of rotatable bonds is 3. The number of hydrogen-bond donors (Lipinski definition) is 0. The predicted octanol–water partition coefficient (Wildman–Crippen LogP) is 4.17. The van der Waals surface area contributed by atoms with Crippen molar-refractivity contribution in [2.45, 2.75) is 0 Å². The highest BCUT2D eigenvalue weighted by Gasteiger charge is 2.14. The van der Waals surface area contributed by atoms with Gasteiger partial charge in [0.15, 0.2) is 0 Å². The van der Waals surface area contributed by atoms with Gasteiger partial charge in [0, 0.05) is 0 Å². The largest absolute Gasteiger partial charge is 0.307 e. The van der Waals surface area contributed by atoms with Gasteiger partial charge in [-0.25, -0.2) is 0 Å². The summed E-state index contributed by atoms with van der Waals surface area (Å²) in [4.78, 5) is 0. The zero-order valence-electron chi connectivity index (χ0n) is 9.16. The van der Waals surface area contributed by atoms with Gasteiger partial charge in [-0.15, -0.1) is 22.2 Å². The number of hydrogen-bond acceptors (Lipinski definition) is 0. The summed E-state index contributed by atoms with van der Waals surface area (Å²) in [6.45, 7) is 3.83. The van der Waals surface area contributed by atoms with Crippen LogP contribution in [0.3, 0.4) is 0 Å². The van der Waals surface area contributed by atoms with Crippen LogP contribution >= 0.6 is 22.2 Å². The lowest BCUT2D eigenvalue weighted by Gasteiger charge is -2.11. The molecule has 0 aromatic heterocycles. The van der Waals surface area contributed by atoms with Crippen molar-refractivity contribution in [2.75, 3.05) is 0 Å². The molecule has 3 heteroatoms. The molecule has 2 aromatic carbocycles. The lowest BCUT2D eigenvalue weighted by Crippen LogP contribution is -2.20. The molecule has 0 saturated heterocycles. The Labute approximate surface area is 113 Å². The van der Waals surface area contributed by atoms with Crippen LogP contribution in [0.4, 0.5) is 0 Å². The van der Waals surface area contributed by atoms with E-state index in [9.17, 15) is 0 Å². The zero-order chi connectivity index (χ0) is 12.3. The van der Waals surface area contributed by atoms with Crippen LogP contribution < -0.4 is 5.19 Å². The second-order valence-corrected chi connectivity index (χ2v) is 7.51. The summed E-state index contributed by atoms with van der Waals surface area (Å²) < 4.78 is 0. The van der Waals surface area contributed by atoms with Crippen molar-refractivity contribution in [3.05, 3.63) is 60.7 Å². The van der Waals surface area contributed by atoms with E-state index < -0.39 is 7.42 Å². The van der Waals surface area contributed by atoms with Crippen LogP contribution in [-0.2, 0) is 0 Å². The summed E-state index contributed by atoms with van der Waals surface area (Å²) in [7, 11) is -1.50. The van der Waals surface area contributed by atoms with Crippen LogP contribution in [-0.4, -0.2) is 7.42 Å². The van der Waals surface area contributed by atoms with E-state index in [0.717, 1.165) is 21.9 Å². The molecule has 0 spiro atoms. The standard InChI is InChI=1S/C14H11Cl2Si/c1-2-11-7-3-4-8-12(11)13-9-5-6-10-14(13)17(15)16/h2-10H,1H2. The van der Waals surface area contributed by atoms with Gasteiger partial charge < -0.3 is 0 Å². The molecule has 0 atom stereocenters. The van der Waals surface area contributed by atoms with E-state index in [2.05, 4.69) is 12.6 Å². The minimum absolute atomic E-state index is 1.02. The quantitative estimate of drug-likeness (QED) is 0.584. The summed E-state index contributed by atoms with van der Waals surface area (Å²) in [5.41, 5.74) is 3.32. The smallest absolute Gasteiger partial charge is 0.140 e. The van der Waals surface area contributed by atoms with E-state index >= 15 is 0 Å². The van der Waals surface area contributed by atoms with Crippen LogP contribution in [0.2, 0.25) is 0 Å². The number of benzene rings is 2. The highest BCUT2D eigenvalue weighted by atomic mass is 35.7. The fourth-order valence-electron chi connectivity index (χ4n) is 1.80. The van der Waals surface area contributed by atoms with Gasteiger partial charge in [0.2, 0.25) is 0 Å². The third-order valence-electron chi connectivity index (χ3n) is 2.60. The van der Waals surface area contributed by atoms with Crippen molar-refractivity contribution in [1.82, 2.24) is 0 Å². The normalized spacial score (nSPS) is 10.5. The molecule has 2 aromatic rings. The van der Waals surface area contributed by atoms with Crippen LogP contribution in [0, 0.1) is 0 Å². The SMILES string of the molecule is C=Cc1ccccc1-c1ccccc1[Si](Cl)Cl. The van der Waals surface area contributed by atoms with Gasteiger partial charge in [-0.2, -0.15) is 0 Å². The molecule has 0 aliphatic carbocycles. The molecule has 0 amide bonds. The molecule has 0 saturated carbocycles. The molecule has 0 aliphatic heterocycles. The van der Waals surface area contributed by atoms with Crippen LogP contribution in [0.25, 0.3) is 17.2 Å². The highest BCUT2D eigenvalue weighted by Crippen LogP contribution is 2.24. The summed E-state index contributed by atoms with van der Waals surface area (Å²) >= 11 is 12.2. The third kappa shape index (κ3) is 2.63. The molecule has 0 bridgehead atoms. The molecule has 0 heterocycles. The van der Waals surface area contributed by atoms with E-state index in [4.69, 9.17) is 22.2 Å². The lowest BCUT2D eigenvalue weighted by molar-refractivity contribution is 1.61. The van der Waals surface area contributed by atoms with Gasteiger partial charge >= 0.3 is 7.42 Å². The van der Waals surface area contributed by atoms with Crippen molar-refractivity contribution < 1.29 is 0 Å². The van der Waals surface area contributed by atoms with E-state index in [-0.39, 0.29) is 0 Å². The molecule has 0 aliphatic rings. The monoisotopic (exact) mass is 277 g/mol. The molecule has 0 unspecified atom stereocenters. The molecule has 0 nitrogen and oxygen atoms in total. The molecule has 2 rings (SSSR count). The number of halogens is 2. The van der Waals surface area contributed by atoms with E-state index in [1.807, 2.05) is 48.5 Å². The topological polar surface area (TPSA) is 0 Å². The first-order valence-electron chi connectivity index (χ1n) is 5.23. The molecule has 1 radical (unpaired) electrons. The molecular weight excluding hydrogens is 267 g/mol. The molecule has 0 fully saturated rings. The van der Waals surface area contributed by atoms with E-state index in [1.165, 1.54) is 0 Å². The van der Waals surface area contributed by atoms with Gasteiger partial charge in [0.1, 0.15) is 0 Å². The van der Waals surface area contributed by atoms with Gasteiger partial charge in [-0.3, -0.25) is 0 Å². The fourth-order valence-corrected chi connectivity index (χ4v) is 3.44. The highest BCUT2D eigenvalue weighted by molar-refractivity contribution is 7.39. The Balaban J connectivity index is 2.64. The summed E-state index contributed by atoms with van der Waals surface area (Å²) in [5.74, 6) is 0. The third-order valence-corrected chi connectivity index (χ3v) is 4.67. The molecular formula is C14H11Cl2Si. The van der Waals surface area contributed by atoms with E-state index in [1.54, 1.807) is 0 Å². The Morgan fingerprint density at radius 2 is 1.47 bits per heavy atom. The van der Waals surface area contributed by atoms with Gasteiger partial charge in [-0.05, 0) is 21.9 Å². The average molecular weight is 278 g/mol. The van der Waals surface area contributed by atoms with Crippen molar-refractivity contribution in [3.8, 4) is 11.1 Å². The Bertz CT molecular complexity index is 535. The molecule has 85 valence electrons. The van der Waals surface area contributed by atoms with Crippen molar-refractivity contribution in [2.24, 2.45) is 0 Å². The summed E-state index contributed by atoms with van der Waals surface area (Å²) in [6, 6.07) is 16.1. The minimum atomic E-state index is -1.50. The van der Waals surface area contributed by atoms with Crippen molar-refractivity contribution in [1.29, 1.82) is 0 Å². The maximum Gasteiger partial charge on any atom is 0.307 e. The Morgan fingerprint density at radius 1 is 0.882 bits per heavy atom. The Hall–Kier alpha value is -1.02. The molecule has 17 heavy (non-hydrogen) atoms. The second kappa shape index (κ2) is 5.54. The predicted molar refractivity (Wildman–Crippen MR) is 79.1 cm³/mol. The van der Waals surface area contributed by atoms with Crippen molar-refractivity contribution >= 4 is 40.8 Å². The summed E-state index contributed by atoms with van der Waals surface area (Å²) in [6.07, 6.45) is 1.85. The minimum Gasteiger partial charge on any atom is -0.140 e. The molecule has 0 N–H and O–H groups in total. The first-order valence-corrected chi connectivity index (χ1v) is 8.75. The fraction of sp³-hybridized carbons (Fsp3) is 0. The lowest BCUT2D eigenvalue weighted by atomic mass is 10.00. The van der Waals surface area contributed by atoms with Gasteiger partial charge in [0.05, 0.1) is 0 Å². The van der Waals surface area contributed by atoms with Crippen LogP contribution in [0.15, 0.2) is 55.1 Å². The average Bonchev–Trinajstić information content (AvgIpc) is 2.38. The van der Waals surface area contributed by atoms with Gasteiger partial charge in [0.25, 0.3) is 0 Å². The first-order chi connectivity index (χ1) is 8.24. The van der Waals surface area contributed by atoms with Crippen LogP contribution in [0.1, 0.15) is 5.56 Å². The Morgan fingerprint density at radius 3 is 2.12 bits per heavy atom. The van der Waals surface area contributed by atoms with Crippen molar-refractivity contribution in [3.63, 3.8) is 0 Å². The second-order valence-electron chi connectivity index (χ2n) is 3.60. The Kier molecular flexibility index (Phi) is 4.05. The maximum atomic E-state index is 6.10. The van der Waals surface area contributed by atoms with Crippen LogP contribution in [0.5, 0.6) is 0 Å². The summed E-state index contributed by atoms with van der Waals surface area (Å²) in [5, 5.41) is 1.02. The first kappa shape index (κ1) is 12.4. The zero-order valence-corrected chi connectivity index (χ0v) is 11.7. The maximum absolute atomic E-state index is 6.10. The van der Waals surface area contributed by atoms with Gasteiger partial charge in [-0.1, -0.05) is 61.2 Å².